The fraction of sp³-hybridized carbons (Fsp3) is 0.276. The van der Waals surface area contributed by atoms with E-state index in [0.717, 1.165) is 11.1 Å². The molecule has 208 valence electrons. The maximum atomic E-state index is 13.9. The number of likely N-dealkylation sites (N-methyl/N-ethyl adjacent to an activating group) is 1. The number of urea groups is 1. The van der Waals surface area contributed by atoms with Crippen LogP contribution in [0.4, 0.5) is 9.18 Å². The highest BCUT2D eigenvalue weighted by atomic mass is 35.5. The summed E-state index contributed by atoms with van der Waals surface area (Å²) in [7, 11) is 1.66. The van der Waals surface area contributed by atoms with Crippen LogP contribution in [0.25, 0.3) is 0 Å². The van der Waals surface area contributed by atoms with Gasteiger partial charge in [0.2, 0.25) is 11.8 Å². The van der Waals surface area contributed by atoms with E-state index in [9.17, 15) is 18.8 Å². The number of hydrazine groups is 1. The lowest BCUT2D eigenvalue weighted by Crippen LogP contribution is -2.76. The molecule has 2 heterocycles. The number of nitrogens with zero attached hydrogens (tertiary/aromatic N) is 4. The highest BCUT2D eigenvalue weighted by Crippen LogP contribution is 2.30. The van der Waals surface area contributed by atoms with Crippen LogP contribution < -0.4 is 5.32 Å². The molecule has 11 heteroatoms. The minimum Gasteiger partial charge on any atom is -0.333 e. The van der Waals surface area contributed by atoms with Gasteiger partial charge in [-0.2, -0.15) is 0 Å². The van der Waals surface area contributed by atoms with E-state index in [0.29, 0.717) is 22.0 Å². The number of piperazine rings is 1. The van der Waals surface area contributed by atoms with Crippen LogP contribution in [0, 0.1) is 5.82 Å². The summed E-state index contributed by atoms with van der Waals surface area (Å²) in [6.45, 7) is 0.374. The summed E-state index contributed by atoms with van der Waals surface area (Å²) >= 11 is 12.5. The fourth-order valence-corrected chi connectivity index (χ4v) is 5.67. The third-order valence-electron chi connectivity index (χ3n) is 7.15. The van der Waals surface area contributed by atoms with Crippen LogP contribution >= 0.6 is 23.2 Å². The summed E-state index contributed by atoms with van der Waals surface area (Å²) < 4.78 is 13.3. The largest absolute Gasteiger partial charge is 0.334 e. The number of carbonyl (C=O) groups is 3. The second-order valence-corrected chi connectivity index (χ2v) is 10.7. The Kier molecular flexibility index (Phi) is 8.25. The van der Waals surface area contributed by atoms with Gasteiger partial charge >= 0.3 is 6.03 Å². The molecule has 0 aromatic heterocycles. The number of benzene rings is 3. The predicted octanol–water partition coefficient (Wildman–Crippen LogP) is 4.31. The third kappa shape index (κ3) is 5.91. The van der Waals surface area contributed by atoms with Crippen LogP contribution in [0.5, 0.6) is 0 Å². The monoisotopic (exact) mass is 583 g/mol. The van der Waals surface area contributed by atoms with Crippen LogP contribution in [-0.2, 0) is 29.1 Å². The second-order valence-electron chi connectivity index (χ2n) is 9.89. The van der Waals surface area contributed by atoms with Gasteiger partial charge in [0, 0.05) is 36.6 Å². The Morgan fingerprint density at radius 3 is 2.42 bits per heavy atom. The van der Waals surface area contributed by atoms with Crippen molar-refractivity contribution in [3.63, 3.8) is 0 Å². The zero-order valence-electron chi connectivity index (χ0n) is 21.8. The van der Waals surface area contributed by atoms with Crippen molar-refractivity contribution in [1.82, 2.24) is 25.1 Å². The van der Waals surface area contributed by atoms with E-state index < -0.39 is 18.2 Å². The quantitative estimate of drug-likeness (QED) is 0.469. The Morgan fingerprint density at radius 2 is 1.73 bits per heavy atom. The highest BCUT2D eigenvalue weighted by molar-refractivity contribution is 6.35. The van der Waals surface area contributed by atoms with E-state index in [4.69, 9.17) is 23.2 Å². The average Bonchev–Trinajstić information content (AvgIpc) is 2.92. The number of halogens is 3. The molecule has 40 heavy (non-hydrogen) atoms. The molecule has 0 unspecified atom stereocenters. The normalized spacial score (nSPS) is 19.6. The van der Waals surface area contributed by atoms with Crippen LogP contribution in [0.15, 0.2) is 72.8 Å². The van der Waals surface area contributed by atoms with E-state index in [1.807, 2.05) is 30.3 Å². The molecule has 8 nitrogen and oxygen atoms in total. The molecular formula is C29H28Cl2FN5O3. The molecule has 0 radical (unpaired) electrons. The van der Waals surface area contributed by atoms with Crippen molar-refractivity contribution in [2.75, 3.05) is 20.1 Å². The number of fused-ring (bicyclic) bond motifs is 1. The SMILES string of the molecule is CN1CC(=O)N2[C@@H](Cc3ccccc3)C(=O)N(Cc3ccc(Cl)cc3Cl)C[C@@H]2N1C(=O)NCc1ccc(F)cc1. The van der Waals surface area contributed by atoms with Crippen molar-refractivity contribution in [2.45, 2.75) is 31.7 Å². The first-order chi connectivity index (χ1) is 19.2. The van der Waals surface area contributed by atoms with Crippen LogP contribution in [0.1, 0.15) is 16.7 Å². The first-order valence-corrected chi connectivity index (χ1v) is 13.6. The number of nitrogens with one attached hydrogen (secondary N) is 1. The van der Waals surface area contributed by atoms with E-state index >= 15 is 0 Å². The second kappa shape index (κ2) is 11.8. The standard InChI is InChI=1S/C29H28Cl2FN5O3/c1-34-18-27(38)36-25(13-19-5-3-2-4-6-19)28(39)35(16-21-9-10-22(30)14-24(21)31)17-26(36)37(34)29(40)33-15-20-7-11-23(32)12-8-20/h2-12,14,25-26H,13,15-18H2,1H3,(H,33,40)/t25-,26-/m0/s1. The highest BCUT2D eigenvalue weighted by Gasteiger charge is 2.50. The number of carbonyl (C=O) groups excluding carboxylic acids is 3. The van der Waals surface area contributed by atoms with Crippen molar-refractivity contribution in [1.29, 1.82) is 0 Å². The molecule has 0 aliphatic carbocycles. The van der Waals surface area contributed by atoms with Gasteiger partial charge in [0.05, 0.1) is 13.1 Å². The van der Waals surface area contributed by atoms with Gasteiger partial charge in [-0.05, 0) is 41.0 Å². The Morgan fingerprint density at radius 1 is 1.00 bits per heavy atom. The molecule has 2 saturated heterocycles. The van der Waals surface area contributed by atoms with Gasteiger partial charge in [0.25, 0.3) is 0 Å². The lowest BCUT2D eigenvalue weighted by atomic mass is 9.98. The fourth-order valence-electron chi connectivity index (χ4n) is 5.20. The molecule has 0 saturated carbocycles. The van der Waals surface area contributed by atoms with E-state index in [2.05, 4.69) is 5.32 Å². The molecule has 0 spiro atoms. The molecule has 2 atom stereocenters. The Bertz CT molecular complexity index is 1410. The van der Waals surface area contributed by atoms with E-state index in [1.54, 1.807) is 47.3 Å². The zero-order chi connectivity index (χ0) is 28.4. The Hall–Kier alpha value is -3.66. The molecule has 2 fully saturated rings. The Balaban J connectivity index is 1.45. The lowest BCUT2D eigenvalue weighted by Gasteiger charge is -2.54. The molecule has 0 bridgehead atoms. The van der Waals surface area contributed by atoms with E-state index in [1.165, 1.54) is 22.0 Å². The van der Waals surface area contributed by atoms with Gasteiger partial charge in [-0.25, -0.2) is 19.2 Å². The summed E-state index contributed by atoms with van der Waals surface area (Å²) in [5.74, 6) is -0.832. The lowest BCUT2D eigenvalue weighted by molar-refractivity contribution is -0.187. The molecule has 3 aromatic carbocycles. The molecule has 2 aliphatic heterocycles. The third-order valence-corrected chi connectivity index (χ3v) is 7.74. The number of hydrogen-bond acceptors (Lipinski definition) is 4. The maximum absolute atomic E-state index is 13.9. The topological polar surface area (TPSA) is 76.2 Å². The van der Waals surface area contributed by atoms with Gasteiger partial charge in [0.1, 0.15) is 18.0 Å². The molecule has 3 aromatic rings. The summed E-state index contributed by atoms with van der Waals surface area (Å²) in [4.78, 5) is 44.0. The number of rotatable bonds is 6. The van der Waals surface area contributed by atoms with Gasteiger partial charge in [-0.1, -0.05) is 71.7 Å². The molecule has 5 rings (SSSR count). The maximum Gasteiger partial charge on any atom is 0.334 e. The minimum atomic E-state index is -0.819. The zero-order valence-corrected chi connectivity index (χ0v) is 23.3. The van der Waals surface area contributed by atoms with Crippen LogP contribution in [0.2, 0.25) is 10.0 Å². The summed E-state index contributed by atoms with van der Waals surface area (Å²) in [6.07, 6.45) is -0.460. The van der Waals surface area contributed by atoms with Gasteiger partial charge < -0.3 is 15.1 Å². The molecule has 1 N–H and O–H groups in total. The van der Waals surface area contributed by atoms with Crippen molar-refractivity contribution in [3.05, 3.63) is 105 Å². The summed E-state index contributed by atoms with van der Waals surface area (Å²) in [6, 6.07) is 19.1. The van der Waals surface area contributed by atoms with Crippen LogP contribution in [-0.4, -0.2) is 70.0 Å². The number of amides is 4. The van der Waals surface area contributed by atoms with Crippen molar-refractivity contribution in [3.8, 4) is 0 Å². The van der Waals surface area contributed by atoms with Gasteiger partial charge in [0.15, 0.2) is 0 Å². The van der Waals surface area contributed by atoms with Crippen LogP contribution in [0.3, 0.4) is 0 Å². The van der Waals surface area contributed by atoms with Gasteiger partial charge in [-0.15, -0.1) is 0 Å². The van der Waals surface area contributed by atoms with Crippen molar-refractivity contribution >= 4 is 41.0 Å². The summed E-state index contributed by atoms with van der Waals surface area (Å²) in [5.41, 5.74) is 2.32. The summed E-state index contributed by atoms with van der Waals surface area (Å²) in [5, 5.41) is 6.81. The van der Waals surface area contributed by atoms with Crippen molar-refractivity contribution in [2.24, 2.45) is 0 Å². The average molecular weight is 584 g/mol. The smallest absolute Gasteiger partial charge is 0.333 e. The van der Waals surface area contributed by atoms with E-state index in [-0.39, 0.29) is 43.8 Å². The van der Waals surface area contributed by atoms with Crippen molar-refractivity contribution < 1.29 is 18.8 Å². The first kappa shape index (κ1) is 27.9. The predicted molar refractivity (Wildman–Crippen MR) is 150 cm³/mol. The molecule has 4 amide bonds. The number of hydrogen-bond donors (Lipinski definition) is 1. The first-order valence-electron chi connectivity index (χ1n) is 12.8. The molecule has 2 aliphatic rings. The molecular weight excluding hydrogens is 556 g/mol. The Labute approximate surface area is 241 Å². The van der Waals surface area contributed by atoms with Gasteiger partial charge in [-0.3, -0.25) is 9.59 Å². The minimum absolute atomic E-state index is 0.0674.